The van der Waals surface area contributed by atoms with Crippen molar-refractivity contribution in [2.75, 3.05) is 46.4 Å². The van der Waals surface area contributed by atoms with E-state index >= 15 is 0 Å². The highest BCUT2D eigenvalue weighted by molar-refractivity contribution is 5.28. The highest BCUT2D eigenvalue weighted by atomic mass is 16.5. The van der Waals surface area contributed by atoms with Gasteiger partial charge in [-0.15, -0.1) is 0 Å². The normalized spacial score (nSPS) is 16.0. The van der Waals surface area contributed by atoms with Crippen molar-refractivity contribution in [1.82, 2.24) is 9.80 Å². The van der Waals surface area contributed by atoms with Crippen molar-refractivity contribution < 1.29 is 9.47 Å². The first-order valence-electron chi connectivity index (χ1n) is 8.59. The molecule has 0 saturated carbocycles. The molecule has 0 amide bonds. The van der Waals surface area contributed by atoms with Gasteiger partial charge in [-0.1, -0.05) is 30.3 Å². The molecule has 0 bridgehead atoms. The maximum Gasteiger partial charge on any atom is 0.119 e. The summed E-state index contributed by atoms with van der Waals surface area (Å²) in [6.07, 6.45) is 0. The molecule has 0 atom stereocenters. The van der Waals surface area contributed by atoms with E-state index in [0.29, 0.717) is 0 Å². The van der Waals surface area contributed by atoms with E-state index in [2.05, 4.69) is 28.0 Å². The fraction of sp³-hybridized carbons (Fsp3) is 0.400. The fourth-order valence-corrected chi connectivity index (χ4v) is 3.01. The molecule has 0 radical (unpaired) electrons. The zero-order valence-corrected chi connectivity index (χ0v) is 14.4. The SMILES string of the molecule is COc1cccc(CN2CCN(CCOc3ccccc3)CC2)c1. The lowest BCUT2D eigenvalue weighted by Crippen LogP contribution is -2.47. The number of nitrogens with zero attached hydrogens (tertiary/aromatic N) is 2. The topological polar surface area (TPSA) is 24.9 Å². The third-order valence-corrected chi connectivity index (χ3v) is 4.42. The summed E-state index contributed by atoms with van der Waals surface area (Å²) in [4.78, 5) is 4.98. The molecule has 3 rings (SSSR count). The Kier molecular flexibility index (Phi) is 6.10. The maximum atomic E-state index is 5.79. The van der Waals surface area contributed by atoms with E-state index in [1.54, 1.807) is 7.11 Å². The summed E-state index contributed by atoms with van der Waals surface area (Å²) >= 11 is 0. The molecule has 4 heteroatoms. The molecule has 128 valence electrons. The number of hydrogen-bond donors (Lipinski definition) is 0. The molecule has 2 aromatic rings. The van der Waals surface area contributed by atoms with Crippen LogP contribution in [0.5, 0.6) is 11.5 Å². The first-order chi connectivity index (χ1) is 11.8. The monoisotopic (exact) mass is 326 g/mol. The van der Waals surface area contributed by atoms with Crippen molar-refractivity contribution in [1.29, 1.82) is 0 Å². The highest BCUT2D eigenvalue weighted by Crippen LogP contribution is 2.15. The van der Waals surface area contributed by atoms with Crippen LogP contribution in [0.4, 0.5) is 0 Å². The largest absolute Gasteiger partial charge is 0.497 e. The van der Waals surface area contributed by atoms with Gasteiger partial charge in [-0.3, -0.25) is 9.80 Å². The van der Waals surface area contributed by atoms with Crippen molar-refractivity contribution in [3.63, 3.8) is 0 Å². The number of para-hydroxylation sites is 1. The Labute approximate surface area is 144 Å². The van der Waals surface area contributed by atoms with Crippen molar-refractivity contribution in [2.24, 2.45) is 0 Å². The summed E-state index contributed by atoms with van der Waals surface area (Å²) < 4.78 is 11.1. The first-order valence-corrected chi connectivity index (χ1v) is 8.59. The Morgan fingerprint density at radius 2 is 1.54 bits per heavy atom. The van der Waals surface area contributed by atoms with Gasteiger partial charge in [0.15, 0.2) is 0 Å². The van der Waals surface area contributed by atoms with Gasteiger partial charge in [0, 0.05) is 39.3 Å². The van der Waals surface area contributed by atoms with E-state index in [1.807, 2.05) is 36.4 Å². The second-order valence-electron chi connectivity index (χ2n) is 6.13. The van der Waals surface area contributed by atoms with E-state index in [0.717, 1.165) is 57.4 Å². The Hall–Kier alpha value is -2.04. The molecule has 1 fully saturated rings. The summed E-state index contributed by atoms with van der Waals surface area (Å²) in [7, 11) is 1.72. The van der Waals surface area contributed by atoms with Gasteiger partial charge in [-0.2, -0.15) is 0 Å². The van der Waals surface area contributed by atoms with Crippen LogP contribution < -0.4 is 9.47 Å². The van der Waals surface area contributed by atoms with E-state index < -0.39 is 0 Å². The van der Waals surface area contributed by atoms with Gasteiger partial charge in [-0.25, -0.2) is 0 Å². The molecule has 4 nitrogen and oxygen atoms in total. The lowest BCUT2D eigenvalue weighted by molar-refractivity contribution is 0.112. The van der Waals surface area contributed by atoms with Gasteiger partial charge >= 0.3 is 0 Å². The minimum atomic E-state index is 0.750. The Morgan fingerprint density at radius 3 is 2.29 bits per heavy atom. The van der Waals surface area contributed by atoms with E-state index in [4.69, 9.17) is 9.47 Å². The Balaban J connectivity index is 1.37. The van der Waals surface area contributed by atoms with Gasteiger partial charge < -0.3 is 9.47 Å². The number of methoxy groups -OCH3 is 1. The predicted molar refractivity (Wildman–Crippen MR) is 96.6 cm³/mol. The molecule has 24 heavy (non-hydrogen) atoms. The molecule has 0 unspecified atom stereocenters. The molecular weight excluding hydrogens is 300 g/mol. The van der Waals surface area contributed by atoms with Gasteiger partial charge in [-0.05, 0) is 29.8 Å². The minimum absolute atomic E-state index is 0.750. The zero-order chi connectivity index (χ0) is 16.6. The third kappa shape index (κ3) is 4.98. The van der Waals surface area contributed by atoms with Crippen LogP contribution in [0.1, 0.15) is 5.56 Å². The molecule has 0 aliphatic carbocycles. The van der Waals surface area contributed by atoms with Crippen molar-refractivity contribution in [3.8, 4) is 11.5 Å². The molecule has 0 N–H and O–H groups in total. The predicted octanol–water partition coefficient (Wildman–Crippen LogP) is 2.89. The van der Waals surface area contributed by atoms with Crippen molar-refractivity contribution in [3.05, 3.63) is 60.2 Å². The van der Waals surface area contributed by atoms with Crippen LogP contribution in [0.25, 0.3) is 0 Å². The highest BCUT2D eigenvalue weighted by Gasteiger charge is 2.16. The molecule has 2 aromatic carbocycles. The average molecular weight is 326 g/mol. The van der Waals surface area contributed by atoms with Crippen molar-refractivity contribution in [2.45, 2.75) is 6.54 Å². The van der Waals surface area contributed by atoms with E-state index in [-0.39, 0.29) is 0 Å². The number of benzene rings is 2. The number of hydrogen-bond acceptors (Lipinski definition) is 4. The smallest absolute Gasteiger partial charge is 0.119 e. The molecule has 0 aromatic heterocycles. The van der Waals surface area contributed by atoms with Crippen LogP contribution in [-0.4, -0.2) is 56.2 Å². The van der Waals surface area contributed by atoms with Crippen LogP contribution in [0.2, 0.25) is 0 Å². The Bertz CT molecular complexity index is 610. The minimum Gasteiger partial charge on any atom is -0.497 e. The van der Waals surface area contributed by atoms with Crippen LogP contribution in [0.15, 0.2) is 54.6 Å². The number of rotatable bonds is 7. The summed E-state index contributed by atoms with van der Waals surface area (Å²) in [6, 6.07) is 18.4. The maximum absolute atomic E-state index is 5.79. The van der Waals surface area contributed by atoms with Gasteiger partial charge in [0.25, 0.3) is 0 Å². The molecule has 1 saturated heterocycles. The van der Waals surface area contributed by atoms with E-state index in [9.17, 15) is 0 Å². The second-order valence-corrected chi connectivity index (χ2v) is 6.13. The Morgan fingerprint density at radius 1 is 0.833 bits per heavy atom. The van der Waals surface area contributed by atoms with Crippen molar-refractivity contribution >= 4 is 0 Å². The molecule has 0 spiro atoms. The summed E-state index contributed by atoms with van der Waals surface area (Å²) in [5, 5.41) is 0. The van der Waals surface area contributed by atoms with Crippen LogP contribution in [0.3, 0.4) is 0 Å². The third-order valence-electron chi connectivity index (χ3n) is 4.42. The molecule has 1 heterocycles. The van der Waals surface area contributed by atoms with Crippen LogP contribution in [0, 0.1) is 0 Å². The second kappa shape index (κ2) is 8.71. The number of ether oxygens (including phenoxy) is 2. The van der Waals surface area contributed by atoms with Crippen LogP contribution >= 0.6 is 0 Å². The lowest BCUT2D eigenvalue weighted by Gasteiger charge is -2.34. The lowest BCUT2D eigenvalue weighted by atomic mass is 10.2. The number of piperazine rings is 1. The van der Waals surface area contributed by atoms with Gasteiger partial charge in [0.1, 0.15) is 18.1 Å². The molecule has 1 aliphatic heterocycles. The summed E-state index contributed by atoms with van der Waals surface area (Å²) in [5.74, 6) is 1.89. The standard InChI is InChI=1S/C20H26N2O2/c1-23-20-9-5-6-18(16-20)17-22-12-10-21(11-13-22)14-15-24-19-7-3-2-4-8-19/h2-9,16H,10-15,17H2,1H3. The van der Waals surface area contributed by atoms with Crippen LogP contribution in [-0.2, 0) is 6.54 Å². The quantitative estimate of drug-likeness (QED) is 0.781. The molecular formula is C20H26N2O2. The fourth-order valence-electron chi connectivity index (χ4n) is 3.01. The summed E-state index contributed by atoms with van der Waals surface area (Å²) in [6.45, 7) is 7.13. The average Bonchev–Trinajstić information content (AvgIpc) is 2.64. The molecule has 1 aliphatic rings. The zero-order valence-electron chi connectivity index (χ0n) is 14.4. The van der Waals surface area contributed by atoms with Gasteiger partial charge in [0.05, 0.1) is 7.11 Å². The first kappa shape index (κ1) is 16.8. The van der Waals surface area contributed by atoms with Gasteiger partial charge in [0.2, 0.25) is 0 Å². The van der Waals surface area contributed by atoms with E-state index in [1.165, 1.54) is 5.56 Å². The summed E-state index contributed by atoms with van der Waals surface area (Å²) in [5.41, 5.74) is 1.32.